The number of rotatable bonds is 5. The summed E-state index contributed by atoms with van der Waals surface area (Å²) in [4.78, 5) is 22.7. The summed E-state index contributed by atoms with van der Waals surface area (Å²) < 4.78 is 0. The average molecular weight is 363 g/mol. The molecule has 0 atom stereocenters. The Hall–Kier alpha value is -3.42. The fourth-order valence-electron chi connectivity index (χ4n) is 3.13. The van der Waals surface area contributed by atoms with E-state index in [0.717, 1.165) is 35.6 Å². The highest BCUT2D eigenvalue weighted by Gasteiger charge is 2.23. The van der Waals surface area contributed by atoms with Gasteiger partial charge < -0.3 is 15.5 Å². The molecular weight excluding hydrogens is 342 g/mol. The number of benzene rings is 1. The Kier molecular flexibility index (Phi) is 4.45. The standard InChI is InChI=1S/C19H21N7O/c1-12-5-6-14(9-15(12)26-7-3-4-19(26)27)21-17-10-20-11-18(23-17)22-16-8-13(2)24-25-16/h5-6,8-11H,3-4,7H2,1-2H3,(H3,21,22,23,24,25). The number of anilines is 5. The second-order valence-corrected chi connectivity index (χ2v) is 6.63. The quantitative estimate of drug-likeness (QED) is 0.642. The highest BCUT2D eigenvalue weighted by Crippen LogP contribution is 2.29. The molecule has 3 N–H and O–H groups in total. The van der Waals surface area contributed by atoms with Crippen molar-refractivity contribution in [3.05, 3.63) is 47.9 Å². The van der Waals surface area contributed by atoms with Gasteiger partial charge in [0.2, 0.25) is 5.91 Å². The predicted molar refractivity (Wildman–Crippen MR) is 105 cm³/mol. The van der Waals surface area contributed by atoms with Crippen molar-refractivity contribution in [2.45, 2.75) is 26.7 Å². The van der Waals surface area contributed by atoms with E-state index < -0.39 is 0 Å². The zero-order valence-electron chi connectivity index (χ0n) is 15.3. The second-order valence-electron chi connectivity index (χ2n) is 6.63. The largest absolute Gasteiger partial charge is 0.339 e. The summed E-state index contributed by atoms with van der Waals surface area (Å²) in [6, 6.07) is 7.85. The Morgan fingerprint density at radius 3 is 2.59 bits per heavy atom. The lowest BCUT2D eigenvalue weighted by Crippen LogP contribution is -2.24. The van der Waals surface area contributed by atoms with Crippen LogP contribution >= 0.6 is 0 Å². The third-order valence-electron chi connectivity index (χ3n) is 4.44. The van der Waals surface area contributed by atoms with E-state index in [1.54, 1.807) is 12.4 Å². The van der Waals surface area contributed by atoms with E-state index in [4.69, 9.17) is 0 Å². The van der Waals surface area contributed by atoms with Crippen LogP contribution in [0.2, 0.25) is 0 Å². The number of carbonyl (C=O) groups excluding carboxylic acids is 1. The fourth-order valence-corrected chi connectivity index (χ4v) is 3.13. The molecule has 1 aliphatic heterocycles. The van der Waals surface area contributed by atoms with Gasteiger partial charge in [-0.2, -0.15) is 5.10 Å². The first-order valence-corrected chi connectivity index (χ1v) is 8.87. The number of nitrogens with zero attached hydrogens (tertiary/aromatic N) is 4. The minimum Gasteiger partial charge on any atom is -0.339 e. The minimum absolute atomic E-state index is 0.176. The monoisotopic (exact) mass is 363 g/mol. The molecule has 0 spiro atoms. The zero-order valence-corrected chi connectivity index (χ0v) is 15.3. The minimum atomic E-state index is 0.176. The van der Waals surface area contributed by atoms with E-state index in [1.165, 1.54) is 0 Å². The maximum Gasteiger partial charge on any atom is 0.227 e. The summed E-state index contributed by atoms with van der Waals surface area (Å²) >= 11 is 0. The van der Waals surface area contributed by atoms with Crippen LogP contribution in [0.15, 0.2) is 36.7 Å². The van der Waals surface area contributed by atoms with E-state index in [1.807, 2.05) is 43.0 Å². The molecule has 1 amide bonds. The highest BCUT2D eigenvalue weighted by atomic mass is 16.2. The van der Waals surface area contributed by atoms with Crippen LogP contribution < -0.4 is 15.5 Å². The van der Waals surface area contributed by atoms with Gasteiger partial charge in [-0.3, -0.25) is 14.9 Å². The van der Waals surface area contributed by atoms with E-state index in [-0.39, 0.29) is 5.91 Å². The van der Waals surface area contributed by atoms with Crippen LogP contribution in [0.1, 0.15) is 24.1 Å². The number of nitrogens with one attached hydrogen (secondary N) is 3. The van der Waals surface area contributed by atoms with Crippen LogP contribution in [0.5, 0.6) is 0 Å². The van der Waals surface area contributed by atoms with Crippen LogP contribution in [0.3, 0.4) is 0 Å². The van der Waals surface area contributed by atoms with E-state index in [2.05, 4.69) is 30.8 Å². The van der Waals surface area contributed by atoms with Crippen molar-refractivity contribution >= 4 is 34.7 Å². The summed E-state index contributed by atoms with van der Waals surface area (Å²) in [6.07, 6.45) is 4.81. The Labute approximate surface area is 157 Å². The first kappa shape index (κ1) is 17.0. The number of aromatic amines is 1. The third kappa shape index (κ3) is 3.74. The predicted octanol–water partition coefficient (Wildman–Crippen LogP) is 3.43. The van der Waals surface area contributed by atoms with Crippen molar-refractivity contribution in [1.29, 1.82) is 0 Å². The summed E-state index contributed by atoms with van der Waals surface area (Å²) in [5.41, 5.74) is 3.84. The molecule has 8 nitrogen and oxygen atoms in total. The van der Waals surface area contributed by atoms with Gasteiger partial charge in [0.05, 0.1) is 12.4 Å². The third-order valence-corrected chi connectivity index (χ3v) is 4.44. The molecule has 2 aromatic heterocycles. The maximum absolute atomic E-state index is 12.1. The Bertz CT molecular complexity index is 982. The fraction of sp³-hybridized carbons (Fsp3) is 0.263. The van der Waals surface area contributed by atoms with Gasteiger partial charge in [0.1, 0.15) is 0 Å². The van der Waals surface area contributed by atoms with E-state index >= 15 is 0 Å². The molecule has 27 heavy (non-hydrogen) atoms. The van der Waals surface area contributed by atoms with Gasteiger partial charge >= 0.3 is 0 Å². The van der Waals surface area contributed by atoms with Crippen molar-refractivity contribution in [2.75, 3.05) is 22.1 Å². The van der Waals surface area contributed by atoms with Crippen molar-refractivity contribution in [2.24, 2.45) is 0 Å². The van der Waals surface area contributed by atoms with Gasteiger partial charge in [0, 0.05) is 36.1 Å². The summed E-state index contributed by atoms with van der Waals surface area (Å²) in [5.74, 6) is 2.06. The van der Waals surface area contributed by atoms with E-state index in [0.29, 0.717) is 23.9 Å². The zero-order chi connectivity index (χ0) is 18.8. The van der Waals surface area contributed by atoms with Gasteiger partial charge in [0.25, 0.3) is 0 Å². The number of aromatic nitrogens is 4. The second kappa shape index (κ2) is 7.06. The first-order valence-electron chi connectivity index (χ1n) is 8.87. The molecule has 1 aliphatic rings. The number of hydrogen-bond donors (Lipinski definition) is 3. The molecule has 4 rings (SSSR count). The maximum atomic E-state index is 12.1. The van der Waals surface area contributed by atoms with Crippen LogP contribution in [0.4, 0.5) is 28.8 Å². The smallest absolute Gasteiger partial charge is 0.227 e. The van der Waals surface area contributed by atoms with Crippen molar-refractivity contribution < 1.29 is 4.79 Å². The lowest BCUT2D eigenvalue weighted by Gasteiger charge is -2.19. The number of aryl methyl sites for hydroxylation is 2. The van der Waals surface area contributed by atoms with Crippen LogP contribution in [-0.2, 0) is 4.79 Å². The Balaban J connectivity index is 1.54. The number of H-pyrrole nitrogens is 1. The van der Waals surface area contributed by atoms with Gasteiger partial charge in [-0.1, -0.05) is 6.07 Å². The number of amides is 1. The van der Waals surface area contributed by atoms with Crippen molar-refractivity contribution in [1.82, 2.24) is 20.2 Å². The molecule has 1 saturated heterocycles. The molecule has 8 heteroatoms. The lowest BCUT2D eigenvalue weighted by molar-refractivity contribution is -0.117. The molecule has 0 saturated carbocycles. The van der Waals surface area contributed by atoms with Crippen LogP contribution in [0, 0.1) is 13.8 Å². The molecule has 0 radical (unpaired) electrons. The molecule has 1 aromatic carbocycles. The van der Waals surface area contributed by atoms with Gasteiger partial charge in [-0.05, 0) is 38.0 Å². The summed E-state index contributed by atoms with van der Waals surface area (Å²) in [7, 11) is 0. The first-order chi connectivity index (χ1) is 13.1. The van der Waals surface area contributed by atoms with Crippen LogP contribution in [-0.4, -0.2) is 32.6 Å². The molecule has 3 aromatic rings. The molecule has 1 fully saturated rings. The van der Waals surface area contributed by atoms with Gasteiger partial charge in [-0.25, -0.2) is 4.98 Å². The average Bonchev–Trinajstić information content (AvgIpc) is 3.25. The topological polar surface area (TPSA) is 98.8 Å². The number of carbonyl (C=O) groups is 1. The van der Waals surface area contributed by atoms with Gasteiger partial charge in [0.15, 0.2) is 17.5 Å². The normalized spacial score (nSPS) is 13.9. The Morgan fingerprint density at radius 2 is 1.89 bits per heavy atom. The Morgan fingerprint density at radius 1 is 1.07 bits per heavy atom. The molecule has 3 heterocycles. The van der Waals surface area contributed by atoms with Gasteiger partial charge in [-0.15, -0.1) is 0 Å². The molecule has 138 valence electrons. The SMILES string of the molecule is Cc1cc(Nc2cncc(Nc3ccc(C)c(N4CCCC4=O)c3)n2)n[nH]1. The van der Waals surface area contributed by atoms with Crippen molar-refractivity contribution in [3.63, 3.8) is 0 Å². The number of hydrogen-bond acceptors (Lipinski definition) is 6. The summed E-state index contributed by atoms with van der Waals surface area (Å²) in [5, 5.41) is 13.4. The molecule has 0 bridgehead atoms. The van der Waals surface area contributed by atoms with E-state index in [9.17, 15) is 4.79 Å². The lowest BCUT2D eigenvalue weighted by atomic mass is 10.1. The molecule has 0 unspecified atom stereocenters. The highest BCUT2D eigenvalue weighted by molar-refractivity contribution is 5.96. The van der Waals surface area contributed by atoms with Crippen LogP contribution in [0.25, 0.3) is 0 Å². The summed E-state index contributed by atoms with van der Waals surface area (Å²) in [6.45, 7) is 4.72. The molecule has 0 aliphatic carbocycles. The molecular formula is C19H21N7O. The van der Waals surface area contributed by atoms with Crippen molar-refractivity contribution in [3.8, 4) is 0 Å².